The van der Waals surface area contributed by atoms with Crippen LogP contribution in [0, 0.1) is 20.8 Å². The average molecular weight is 363 g/mol. The molecule has 1 amide bonds. The summed E-state index contributed by atoms with van der Waals surface area (Å²) in [5.41, 5.74) is 3.47. The fourth-order valence-corrected chi connectivity index (χ4v) is 4.81. The minimum absolute atomic E-state index is 0.240. The second-order valence-electron chi connectivity index (χ2n) is 7.36. The molecule has 136 valence electrons. The van der Waals surface area contributed by atoms with Crippen molar-refractivity contribution in [3.8, 4) is 0 Å². The predicted molar refractivity (Wildman–Crippen MR) is 97.5 cm³/mol. The van der Waals surface area contributed by atoms with E-state index in [1.54, 1.807) is 0 Å². The molecule has 2 aliphatic rings. The van der Waals surface area contributed by atoms with Crippen molar-refractivity contribution >= 4 is 21.6 Å². The van der Waals surface area contributed by atoms with Crippen molar-refractivity contribution in [2.45, 2.75) is 58.4 Å². The number of nitrogens with one attached hydrogen (secondary N) is 1. The van der Waals surface area contributed by atoms with Crippen LogP contribution in [0.25, 0.3) is 5.57 Å². The van der Waals surface area contributed by atoms with E-state index in [0.717, 1.165) is 47.8 Å². The van der Waals surface area contributed by atoms with E-state index in [1.165, 1.54) is 0 Å². The maximum atomic E-state index is 12.9. The van der Waals surface area contributed by atoms with E-state index >= 15 is 0 Å². The number of aryl methyl sites for hydroxylation is 3. The first kappa shape index (κ1) is 18.0. The van der Waals surface area contributed by atoms with Gasteiger partial charge in [-0.05, 0) is 50.3 Å². The summed E-state index contributed by atoms with van der Waals surface area (Å²) in [6.07, 6.45) is 5.41. The van der Waals surface area contributed by atoms with Gasteiger partial charge < -0.3 is 9.50 Å². The van der Waals surface area contributed by atoms with E-state index in [-0.39, 0.29) is 11.7 Å². The summed E-state index contributed by atoms with van der Waals surface area (Å²) in [5, 5.41) is 3.06. The number of rotatable bonds is 3. The van der Waals surface area contributed by atoms with Crippen LogP contribution in [0.15, 0.2) is 17.9 Å². The molecule has 1 spiro atoms. The van der Waals surface area contributed by atoms with Crippen LogP contribution < -0.4 is 5.32 Å². The van der Waals surface area contributed by atoms with Gasteiger partial charge in [-0.3, -0.25) is 4.79 Å². The van der Waals surface area contributed by atoms with Gasteiger partial charge >= 0.3 is 10.1 Å². The Morgan fingerprint density at radius 3 is 2.12 bits per heavy atom. The fraction of sp³-hybridized carbons (Fsp3) is 0.526. The second-order valence-corrected chi connectivity index (χ2v) is 8.94. The molecular formula is C19H25NO4S. The normalized spacial score (nSPS) is 20.1. The van der Waals surface area contributed by atoms with Crippen LogP contribution in [0.1, 0.15) is 54.4 Å². The topological polar surface area (TPSA) is 72.5 Å². The average Bonchev–Trinajstić information content (AvgIpc) is 2.70. The van der Waals surface area contributed by atoms with Gasteiger partial charge in [0.2, 0.25) is 0 Å². The van der Waals surface area contributed by atoms with Crippen molar-refractivity contribution in [1.29, 1.82) is 0 Å². The molecule has 3 rings (SSSR count). The number of carbonyl (C=O) groups excluding carboxylic acids is 1. The molecule has 0 atom stereocenters. The number of benzene rings is 1. The number of hydrogen-bond acceptors (Lipinski definition) is 4. The minimum Gasteiger partial charge on any atom is -0.384 e. The van der Waals surface area contributed by atoms with E-state index in [1.807, 2.05) is 32.9 Å². The van der Waals surface area contributed by atoms with Crippen molar-refractivity contribution in [1.82, 2.24) is 5.32 Å². The highest BCUT2D eigenvalue weighted by Crippen LogP contribution is 2.44. The summed E-state index contributed by atoms with van der Waals surface area (Å²) in [6.45, 7) is 5.89. The van der Waals surface area contributed by atoms with Crippen LogP contribution in [0.4, 0.5) is 0 Å². The summed E-state index contributed by atoms with van der Waals surface area (Å²) >= 11 is 0. The summed E-state index contributed by atoms with van der Waals surface area (Å²) in [4.78, 5) is 12.9. The van der Waals surface area contributed by atoms with Gasteiger partial charge in [0.15, 0.2) is 5.76 Å². The molecule has 0 saturated heterocycles. The first-order valence-electron chi connectivity index (χ1n) is 8.68. The maximum Gasteiger partial charge on any atom is 0.306 e. The highest BCUT2D eigenvalue weighted by atomic mass is 32.2. The summed E-state index contributed by atoms with van der Waals surface area (Å²) in [7, 11) is -3.73. The van der Waals surface area contributed by atoms with Gasteiger partial charge in [0, 0.05) is 0 Å². The van der Waals surface area contributed by atoms with E-state index in [2.05, 4.69) is 5.32 Å². The van der Waals surface area contributed by atoms with Crippen LogP contribution in [-0.2, 0) is 19.1 Å². The Morgan fingerprint density at radius 2 is 1.60 bits per heavy atom. The molecule has 0 aromatic heterocycles. The zero-order valence-electron chi connectivity index (χ0n) is 15.2. The summed E-state index contributed by atoms with van der Waals surface area (Å²) in [6, 6.07) is 4.01. The number of hydrogen-bond donors (Lipinski definition) is 1. The van der Waals surface area contributed by atoms with Crippen LogP contribution >= 0.6 is 0 Å². The Morgan fingerprint density at radius 1 is 1.04 bits per heavy atom. The molecule has 5 nitrogen and oxygen atoms in total. The summed E-state index contributed by atoms with van der Waals surface area (Å²) < 4.78 is 29.3. The smallest absolute Gasteiger partial charge is 0.306 e. The third-order valence-electron chi connectivity index (χ3n) is 5.11. The standard InChI is InChI=1S/C19H25NO4S/c1-12-10-13(2)15(14(3)11-12)16-17(24-25(4,22)23)19(20-18(16)21)8-6-5-7-9-19/h10-11H,5-9H2,1-4H3,(H,20,21). The largest absolute Gasteiger partial charge is 0.384 e. The van der Waals surface area contributed by atoms with E-state index in [9.17, 15) is 13.2 Å². The number of amides is 1. The van der Waals surface area contributed by atoms with Gasteiger partial charge in [-0.25, -0.2) is 0 Å². The molecule has 0 radical (unpaired) electrons. The second kappa shape index (κ2) is 6.16. The van der Waals surface area contributed by atoms with E-state index < -0.39 is 15.7 Å². The van der Waals surface area contributed by atoms with Gasteiger partial charge in [0.1, 0.15) is 5.54 Å². The van der Waals surface area contributed by atoms with Gasteiger partial charge in [0.25, 0.3) is 5.91 Å². The first-order chi connectivity index (χ1) is 11.6. The molecule has 1 aliphatic heterocycles. The van der Waals surface area contributed by atoms with Crippen LogP contribution in [-0.4, -0.2) is 26.1 Å². The lowest BCUT2D eigenvalue weighted by Gasteiger charge is -2.34. The molecule has 1 aromatic carbocycles. The van der Waals surface area contributed by atoms with Crippen molar-refractivity contribution in [3.63, 3.8) is 0 Å². The number of carbonyl (C=O) groups is 1. The molecular weight excluding hydrogens is 338 g/mol. The van der Waals surface area contributed by atoms with Crippen molar-refractivity contribution in [2.75, 3.05) is 6.26 Å². The Kier molecular flexibility index (Phi) is 4.43. The molecule has 1 aromatic rings. The molecule has 0 unspecified atom stereocenters. The third kappa shape index (κ3) is 3.32. The fourth-order valence-electron chi connectivity index (χ4n) is 4.26. The third-order valence-corrected chi connectivity index (χ3v) is 5.58. The highest BCUT2D eigenvalue weighted by Gasteiger charge is 2.49. The molecule has 1 aliphatic carbocycles. The SMILES string of the molecule is Cc1cc(C)c(C2=C(OS(C)(=O)=O)C3(CCCCC3)NC2=O)c(C)c1. The van der Waals surface area contributed by atoms with Gasteiger partial charge in [-0.1, -0.05) is 37.0 Å². The lowest BCUT2D eigenvalue weighted by molar-refractivity contribution is -0.116. The zero-order valence-corrected chi connectivity index (χ0v) is 16.0. The van der Waals surface area contributed by atoms with Gasteiger partial charge in [-0.15, -0.1) is 0 Å². The van der Waals surface area contributed by atoms with Gasteiger partial charge in [0.05, 0.1) is 11.8 Å². The minimum atomic E-state index is -3.73. The molecule has 1 saturated carbocycles. The quantitative estimate of drug-likeness (QED) is 0.838. The monoisotopic (exact) mass is 363 g/mol. The molecule has 25 heavy (non-hydrogen) atoms. The molecule has 6 heteroatoms. The molecule has 1 fully saturated rings. The van der Waals surface area contributed by atoms with E-state index in [4.69, 9.17) is 4.18 Å². The molecule has 0 bridgehead atoms. The first-order valence-corrected chi connectivity index (χ1v) is 10.5. The van der Waals surface area contributed by atoms with Crippen molar-refractivity contribution in [2.24, 2.45) is 0 Å². The van der Waals surface area contributed by atoms with Crippen LogP contribution in [0.5, 0.6) is 0 Å². The van der Waals surface area contributed by atoms with Crippen LogP contribution in [0.2, 0.25) is 0 Å². The summed E-state index contributed by atoms with van der Waals surface area (Å²) in [5.74, 6) is 0.0466. The molecule has 1 heterocycles. The maximum absolute atomic E-state index is 12.9. The van der Waals surface area contributed by atoms with Crippen molar-refractivity contribution in [3.05, 3.63) is 40.1 Å². The predicted octanol–water partition coefficient (Wildman–Crippen LogP) is 3.13. The van der Waals surface area contributed by atoms with Gasteiger partial charge in [-0.2, -0.15) is 8.42 Å². The highest BCUT2D eigenvalue weighted by molar-refractivity contribution is 7.86. The Bertz CT molecular complexity index is 838. The Hall–Kier alpha value is -1.82. The lowest BCUT2D eigenvalue weighted by atomic mass is 9.80. The van der Waals surface area contributed by atoms with E-state index in [0.29, 0.717) is 18.4 Å². The van der Waals surface area contributed by atoms with Crippen LogP contribution in [0.3, 0.4) is 0 Å². The molecule has 1 N–H and O–H groups in total. The zero-order chi connectivity index (χ0) is 18.4. The van der Waals surface area contributed by atoms with Crippen molar-refractivity contribution < 1.29 is 17.4 Å². The lowest BCUT2D eigenvalue weighted by Crippen LogP contribution is -2.46. The Labute approximate surface area is 149 Å². The Balaban J connectivity index is 2.26.